The summed E-state index contributed by atoms with van der Waals surface area (Å²) in [5, 5.41) is 3.90. The van der Waals surface area contributed by atoms with E-state index in [1.165, 1.54) is 11.5 Å². The third-order valence-corrected chi connectivity index (χ3v) is 1.83. The van der Waals surface area contributed by atoms with E-state index in [1.54, 1.807) is 0 Å². The molecule has 1 heterocycles. The molecule has 4 nitrogen and oxygen atoms in total. The summed E-state index contributed by atoms with van der Waals surface area (Å²) < 4.78 is 3.56. The normalized spacial score (nSPS) is 9.00. The molecule has 7 heteroatoms. The Morgan fingerprint density at radius 1 is 1.70 bits per heavy atom. The van der Waals surface area contributed by atoms with E-state index in [2.05, 4.69) is 14.4 Å². The molecule has 0 fully saturated rings. The zero-order valence-corrected chi connectivity index (χ0v) is 7.17. The van der Waals surface area contributed by atoms with Gasteiger partial charge in [0.1, 0.15) is 6.61 Å². The van der Waals surface area contributed by atoms with Crippen molar-refractivity contribution >= 4 is 35.5 Å². The molecule has 0 spiro atoms. The Labute approximate surface area is 72.8 Å². The number of hydrogen-bond acceptors (Lipinski definition) is 5. The van der Waals surface area contributed by atoms with E-state index in [0.717, 1.165) is 4.88 Å². The number of halogens is 2. The Bertz CT molecular complexity index is 194. The highest BCUT2D eigenvalue weighted by Gasteiger charge is 2.02. The second kappa shape index (κ2) is 4.81. The highest BCUT2D eigenvalue weighted by Crippen LogP contribution is 2.15. The fourth-order valence-electron chi connectivity index (χ4n) is 0.361. The van der Waals surface area contributed by atoms with Crippen LogP contribution >= 0.6 is 35.5 Å². The molecule has 0 aliphatic rings. The van der Waals surface area contributed by atoms with Crippen molar-refractivity contribution in [2.24, 2.45) is 5.90 Å². The van der Waals surface area contributed by atoms with Crippen molar-refractivity contribution in [3.63, 3.8) is 0 Å². The van der Waals surface area contributed by atoms with Crippen LogP contribution in [-0.2, 0) is 11.4 Å². The number of nitrogens with zero attached hydrogens (tertiary/aromatic N) is 2. The maximum absolute atomic E-state index is 5.52. The lowest BCUT2D eigenvalue weighted by Crippen LogP contribution is -1.97. The molecule has 0 radical (unpaired) electrons. The first-order valence-electron chi connectivity index (χ1n) is 2.13. The lowest BCUT2D eigenvalue weighted by Gasteiger charge is -1.88. The maximum atomic E-state index is 5.52. The van der Waals surface area contributed by atoms with Crippen LogP contribution in [0.4, 0.5) is 0 Å². The van der Waals surface area contributed by atoms with Crippen LogP contribution < -0.4 is 5.90 Å². The fraction of sp³-hybridized carbons (Fsp3) is 0.333. The molecule has 1 aromatic rings. The summed E-state index contributed by atoms with van der Waals surface area (Å²) >= 11 is 6.70. The highest BCUT2D eigenvalue weighted by molar-refractivity contribution is 7.06. The third-order valence-electron chi connectivity index (χ3n) is 0.724. The molecular formula is C3H5Cl2N3OS. The summed E-state index contributed by atoms with van der Waals surface area (Å²) in [6.07, 6.45) is 0. The van der Waals surface area contributed by atoms with Gasteiger partial charge >= 0.3 is 0 Å². The minimum Gasteiger partial charge on any atom is -0.299 e. The Balaban J connectivity index is 0.000000810. The Morgan fingerprint density at radius 3 is 2.80 bits per heavy atom. The number of nitrogens with two attached hydrogens (primary N) is 1. The van der Waals surface area contributed by atoms with Crippen molar-refractivity contribution in [2.45, 2.75) is 6.61 Å². The summed E-state index contributed by atoms with van der Waals surface area (Å²) in [4.78, 5) is 5.06. The first-order valence-corrected chi connectivity index (χ1v) is 3.28. The Kier molecular flexibility index (Phi) is 4.84. The van der Waals surface area contributed by atoms with Crippen LogP contribution in [0.5, 0.6) is 0 Å². The number of aromatic nitrogens is 2. The minimum absolute atomic E-state index is 0. The standard InChI is InChI=1S/C3H4ClN3OS.ClH/c4-3-2(1-8-5)9-7-6-3;/h1,5H2;1H. The molecule has 0 atom stereocenters. The molecular weight excluding hydrogens is 197 g/mol. The molecule has 0 saturated carbocycles. The Morgan fingerprint density at radius 2 is 2.40 bits per heavy atom. The van der Waals surface area contributed by atoms with Gasteiger partial charge in [0.25, 0.3) is 0 Å². The van der Waals surface area contributed by atoms with Crippen molar-refractivity contribution < 1.29 is 4.84 Å². The largest absolute Gasteiger partial charge is 0.299 e. The van der Waals surface area contributed by atoms with Gasteiger partial charge in [0.2, 0.25) is 0 Å². The first-order chi connectivity index (χ1) is 4.34. The fourth-order valence-corrected chi connectivity index (χ4v) is 1.06. The van der Waals surface area contributed by atoms with E-state index < -0.39 is 0 Å². The summed E-state index contributed by atoms with van der Waals surface area (Å²) in [6.45, 7) is 0.274. The van der Waals surface area contributed by atoms with Crippen molar-refractivity contribution in [2.75, 3.05) is 0 Å². The molecule has 58 valence electrons. The molecule has 0 aliphatic heterocycles. The lowest BCUT2D eigenvalue weighted by atomic mass is 10.6. The van der Waals surface area contributed by atoms with Crippen LogP contribution in [0, 0.1) is 0 Å². The number of hydrogen-bond donors (Lipinski definition) is 1. The molecule has 2 N–H and O–H groups in total. The molecule has 0 aromatic carbocycles. The maximum Gasteiger partial charge on any atom is 0.169 e. The first kappa shape index (κ1) is 10.1. The molecule has 1 aromatic heterocycles. The van der Waals surface area contributed by atoms with Gasteiger partial charge in [-0.1, -0.05) is 16.1 Å². The van der Waals surface area contributed by atoms with Crippen molar-refractivity contribution in [3.8, 4) is 0 Å². The van der Waals surface area contributed by atoms with E-state index in [1.807, 2.05) is 0 Å². The summed E-state index contributed by atoms with van der Waals surface area (Å²) in [5.41, 5.74) is 0. The van der Waals surface area contributed by atoms with E-state index >= 15 is 0 Å². The van der Waals surface area contributed by atoms with Crippen LogP contribution in [-0.4, -0.2) is 9.59 Å². The molecule has 0 bridgehead atoms. The Hall–Kier alpha value is 0.0600. The zero-order chi connectivity index (χ0) is 6.69. The summed E-state index contributed by atoms with van der Waals surface area (Å²) in [5.74, 6) is 4.78. The molecule has 0 aliphatic carbocycles. The van der Waals surface area contributed by atoms with E-state index in [9.17, 15) is 0 Å². The molecule has 0 amide bonds. The van der Waals surface area contributed by atoms with Crippen LogP contribution in [0.2, 0.25) is 5.15 Å². The van der Waals surface area contributed by atoms with Crippen molar-refractivity contribution in [3.05, 3.63) is 10.0 Å². The van der Waals surface area contributed by atoms with Gasteiger partial charge in [-0.25, -0.2) is 5.90 Å². The van der Waals surface area contributed by atoms with Gasteiger partial charge in [-0.05, 0) is 11.5 Å². The molecule has 1 rings (SSSR count). The summed E-state index contributed by atoms with van der Waals surface area (Å²) in [7, 11) is 0. The number of rotatable bonds is 2. The predicted octanol–water partition coefficient (Wildman–Crippen LogP) is 1.00. The van der Waals surface area contributed by atoms with E-state index in [0.29, 0.717) is 5.15 Å². The SMILES string of the molecule is Cl.NOCc1snnc1Cl. The van der Waals surface area contributed by atoms with Gasteiger partial charge < -0.3 is 0 Å². The minimum atomic E-state index is 0. The lowest BCUT2D eigenvalue weighted by molar-refractivity contribution is 0.126. The second-order valence-corrected chi connectivity index (χ2v) is 2.49. The van der Waals surface area contributed by atoms with E-state index in [-0.39, 0.29) is 19.0 Å². The van der Waals surface area contributed by atoms with Gasteiger partial charge in [-0.3, -0.25) is 4.84 Å². The zero-order valence-electron chi connectivity index (χ0n) is 4.78. The topological polar surface area (TPSA) is 61.0 Å². The highest BCUT2D eigenvalue weighted by atomic mass is 35.5. The van der Waals surface area contributed by atoms with Crippen LogP contribution in [0.25, 0.3) is 0 Å². The smallest absolute Gasteiger partial charge is 0.169 e. The molecule has 0 saturated heterocycles. The van der Waals surface area contributed by atoms with Crippen molar-refractivity contribution in [1.29, 1.82) is 0 Å². The molecule has 0 unspecified atom stereocenters. The van der Waals surface area contributed by atoms with Gasteiger partial charge in [0.15, 0.2) is 5.15 Å². The van der Waals surface area contributed by atoms with E-state index in [4.69, 9.17) is 17.5 Å². The van der Waals surface area contributed by atoms with Crippen LogP contribution in [0.3, 0.4) is 0 Å². The quantitative estimate of drug-likeness (QED) is 0.726. The van der Waals surface area contributed by atoms with Crippen molar-refractivity contribution in [1.82, 2.24) is 9.59 Å². The summed E-state index contributed by atoms with van der Waals surface area (Å²) in [6, 6.07) is 0. The molecule has 10 heavy (non-hydrogen) atoms. The average Bonchev–Trinajstić information content (AvgIpc) is 2.18. The second-order valence-electron chi connectivity index (χ2n) is 1.30. The van der Waals surface area contributed by atoms with Gasteiger partial charge in [-0.15, -0.1) is 17.5 Å². The van der Waals surface area contributed by atoms with Gasteiger partial charge in [0, 0.05) is 0 Å². The average molecular weight is 202 g/mol. The van der Waals surface area contributed by atoms with Gasteiger partial charge in [0.05, 0.1) is 4.88 Å². The third kappa shape index (κ3) is 2.36. The van der Waals surface area contributed by atoms with Gasteiger partial charge in [-0.2, -0.15) is 0 Å². The van der Waals surface area contributed by atoms with Crippen LogP contribution in [0.1, 0.15) is 4.88 Å². The predicted molar refractivity (Wildman–Crippen MR) is 41.1 cm³/mol. The monoisotopic (exact) mass is 201 g/mol. The van der Waals surface area contributed by atoms with Crippen LogP contribution in [0.15, 0.2) is 0 Å².